The van der Waals surface area contributed by atoms with E-state index >= 15 is 0 Å². The second-order valence-electron chi connectivity index (χ2n) is 8.30. The van der Waals surface area contributed by atoms with Crippen molar-refractivity contribution in [3.63, 3.8) is 0 Å². The Hall–Kier alpha value is -3.48. The summed E-state index contributed by atoms with van der Waals surface area (Å²) in [5.41, 5.74) is 6.44. The van der Waals surface area contributed by atoms with Crippen molar-refractivity contribution in [2.75, 3.05) is 7.11 Å². The zero-order valence-electron chi connectivity index (χ0n) is 18.8. The Bertz CT molecular complexity index is 1160. The van der Waals surface area contributed by atoms with Crippen molar-refractivity contribution in [1.29, 1.82) is 0 Å². The number of methoxy groups -OCH3 is 1. The highest BCUT2D eigenvalue weighted by atomic mass is 16.5. The topological polar surface area (TPSA) is 94.4 Å². The fraction of sp³-hybridized carbons (Fsp3) is 0.360. The van der Waals surface area contributed by atoms with Crippen molar-refractivity contribution < 1.29 is 19.4 Å². The van der Waals surface area contributed by atoms with E-state index in [2.05, 4.69) is 4.98 Å². The second kappa shape index (κ2) is 8.94. The molecule has 4 rings (SSSR count). The molecule has 7 nitrogen and oxygen atoms in total. The molecule has 166 valence electrons. The summed E-state index contributed by atoms with van der Waals surface area (Å²) in [5.74, 6) is 0.101. The Kier molecular flexibility index (Phi) is 6.08. The molecule has 7 heteroatoms. The molecule has 1 aromatic carbocycles. The fourth-order valence-electron chi connectivity index (χ4n) is 4.00. The minimum absolute atomic E-state index is 0.190. The summed E-state index contributed by atoms with van der Waals surface area (Å²) in [6.45, 7) is 5.64. The first kappa shape index (κ1) is 21.7. The normalized spacial score (nSPS) is 16.1. The summed E-state index contributed by atoms with van der Waals surface area (Å²) in [6.07, 6.45) is 5.51. The summed E-state index contributed by atoms with van der Waals surface area (Å²) in [7, 11) is 1.59. The Balaban J connectivity index is 1.58. The number of aromatic nitrogens is 3. The van der Waals surface area contributed by atoms with Gasteiger partial charge in [0, 0.05) is 17.8 Å². The number of carbonyl (C=O) groups is 1. The largest absolute Gasteiger partial charge is 0.484 e. The number of nitrogens with zero attached hydrogens (tertiary/aromatic N) is 3. The molecule has 0 aliphatic carbocycles. The molecule has 3 heterocycles. The highest BCUT2D eigenvalue weighted by molar-refractivity contribution is 5.70. The number of rotatable bonds is 6. The summed E-state index contributed by atoms with van der Waals surface area (Å²) < 4.78 is 11.6. The number of aryl methyl sites for hydroxylation is 3. The third-order valence-electron chi connectivity index (χ3n) is 5.89. The van der Waals surface area contributed by atoms with Crippen LogP contribution >= 0.6 is 0 Å². The van der Waals surface area contributed by atoms with E-state index in [0.717, 1.165) is 57.9 Å². The maximum Gasteiger partial charge on any atom is 0.306 e. The van der Waals surface area contributed by atoms with Gasteiger partial charge in [-0.3, -0.25) is 9.78 Å². The predicted molar refractivity (Wildman–Crippen MR) is 120 cm³/mol. The molecule has 0 saturated heterocycles. The van der Waals surface area contributed by atoms with Crippen LogP contribution < -0.4 is 9.47 Å². The number of hydrogen-bond donors (Lipinski definition) is 1. The van der Waals surface area contributed by atoms with Gasteiger partial charge in [-0.1, -0.05) is 19.1 Å². The van der Waals surface area contributed by atoms with Gasteiger partial charge in [0.2, 0.25) is 5.88 Å². The van der Waals surface area contributed by atoms with Gasteiger partial charge in [0.05, 0.1) is 30.6 Å². The van der Waals surface area contributed by atoms with Gasteiger partial charge in [-0.15, -0.1) is 0 Å². The lowest BCUT2D eigenvalue weighted by Crippen LogP contribution is -2.19. The number of carboxylic acid groups (broad SMARTS) is 1. The van der Waals surface area contributed by atoms with Crippen molar-refractivity contribution >= 4 is 5.97 Å². The molecule has 0 fully saturated rings. The monoisotopic (exact) mass is 433 g/mol. The first-order valence-electron chi connectivity index (χ1n) is 10.7. The number of pyridine rings is 1. The predicted octanol–water partition coefficient (Wildman–Crippen LogP) is 4.49. The Labute approximate surface area is 187 Å². The number of fused-ring (bicyclic) bond motifs is 1. The van der Waals surface area contributed by atoms with E-state index in [1.807, 2.05) is 38.1 Å². The number of carboxylic acids is 1. The average Bonchev–Trinajstić information content (AvgIpc) is 2.78. The number of aliphatic carboxylic acids is 1. The van der Waals surface area contributed by atoms with Crippen LogP contribution in [0.3, 0.4) is 0 Å². The third-order valence-corrected chi connectivity index (χ3v) is 5.89. The smallest absolute Gasteiger partial charge is 0.306 e. The molecular weight excluding hydrogens is 406 g/mol. The van der Waals surface area contributed by atoms with E-state index in [-0.39, 0.29) is 6.10 Å². The van der Waals surface area contributed by atoms with Crippen LogP contribution in [0.2, 0.25) is 0 Å². The molecule has 2 aromatic heterocycles. The first-order chi connectivity index (χ1) is 15.4. The van der Waals surface area contributed by atoms with E-state index < -0.39 is 11.9 Å². The summed E-state index contributed by atoms with van der Waals surface area (Å²) >= 11 is 0. The van der Waals surface area contributed by atoms with Crippen molar-refractivity contribution in [1.82, 2.24) is 15.0 Å². The van der Waals surface area contributed by atoms with Gasteiger partial charge in [-0.2, -0.15) is 0 Å². The molecule has 0 spiro atoms. The molecule has 2 unspecified atom stereocenters. The Morgan fingerprint density at radius 2 is 2.06 bits per heavy atom. The highest BCUT2D eigenvalue weighted by Gasteiger charge is 2.25. The number of hydrogen-bond acceptors (Lipinski definition) is 6. The minimum Gasteiger partial charge on any atom is -0.484 e. The highest BCUT2D eigenvalue weighted by Crippen LogP contribution is 2.36. The van der Waals surface area contributed by atoms with Crippen molar-refractivity contribution in [3.8, 4) is 22.9 Å². The van der Waals surface area contributed by atoms with E-state index in [4.69, 9.17) is 19.4 Å². The molecule has 1 N–H and O–H groups in total. The maximum atomic E-state index is 11.2. The van der Waals surface area contributed by atoms with E-state index in [1.54, 1.807) is 26.4 Å². The van der Waals surface area contributed by atoms with Crippen LogP contribution in [0.4, 0.5) is 0 Å². The van der Waals surface area contributed by atoms with Gasteiger partial charge < -0.3 is 14.6 Å². The van der Waals surface area contributed by atoms with Crippen LogP contribution in [0.15, 0.2) is 36.7 Å². The zero-order valence-corrected chi connectivity index (χ0v) is 18.8. The Morgan fingerprint density at radius 3 is 2.78 bits per heavy atom. The van der Waals surface area contributed by atoms with Crippen molar-refractivity contribution in [3.05, 3.63) is 64.7 Å². The summed E-state index contributed by atoms with van der Waals surface area (Å²) in [5, 5.41) is 9.20. The van der Waals surface area contributed by atoms with Gasteiger partial charge in [0.15, 0.2) is 0 Å². The fourth-order valence-corrected chi connectivity index (χ4v) is 4.00. The van der Waals surface area contributed by atoms with Crippen LogP contribution in [0.25, 0.3) is 11.3 Å². The number of ether oxygens (including phenoxy) is 2. The van der Waals surface area contributed by atoms with Crippen molar-refractivity contribution in [2.24, 2.45) is 5.92 Å². The molecule has 32 heavy (non-hydrogen) atoms. The quantitative estimate of drug-likeness (QED) is 0.612. The molecule has 0 saturated carbocycles. The molecule has 1 aliphatic heterocycles. The molecule has 1 aliphatic rings. The number of benzene rings is 1. The SMILES string of the molecule is COc1cc(-c2cnc(C3CCc4ccc(CC(C)C(=O)O)cc4O3)c(C)n2)c(C)cn1. The van der Waals surface area contributed by atoms with Crippen LogP contribution in [-0.2, 0) is 17.6 Å². The standard InChI is InChI=1S/C25H27N3O4/c1-14(25(29)30)9-17-5-6-18-7-8-21(32-22(18)10-17)24-16(3)28-20(13-27-24)19-11-23(31-4)26-12-15(19)2/h5-6,10-14,21H,7-9H2,1-4H3,(H,29,30). The average molecular weight is 434 g/mol. The molecular formula is C25H27N3O4. The van der Waals surface area contributed by atoms with Crippen LogP contribution in [0, 0.1) is 19.8 Å². The van der Waals surface area contributed by atoms with E-state index in [9.17, 15) is 9.90 Å². The third kappa shape index (κ3) is 4.42. The van der Waals surface area contributed by atoms with Crippen LogP contribution in [0.1, 0.15) is 47.5 Å². The van der Waals surface area contributed by atoms with Gasteiger partial charge in [-0.25, -0.2) is 9.97 Å². The molecule has 3 aromatic rings. The van der Waals surface area contributed by atoms with Gasteiger partial charge >= 0.3 is 5.97 Å². The molecule has 0 radical (unpaired) electrons. The maximum absolute atomic E-state index is 11.2. The lowest BCUT2D eigenvalue weighted by Gasteiger charge is -2.27. The lowest BCUT2D eigenvalue weighted by atomic mass is 9.95. The lowest BCUT2D eigenvalue weighted by molar-refractivity contribution is -0.141. The summed E-state index contributed by atoms with van der Waals surface area (Å²) in [4.78, 5) is 24.9. The van der Waals surface area contributed by atoms with E-state index in [0.29, 0.717) is 12.3 Å². The molecule has 0 amide bonds. The summed E-state index contributed by atoms with van der Waals surface area (Å²) in [6, 6.07) is 7.86. The van der Waals surface area contributed by atoms with Gasteiger partial charge in [0.1, 0.15) is 17.5 Å². The van der Waals surface area contributed by atoms with Gasteiger partial charge in [0.25, 0.3) is 0 Å². The second-order valence-corrected chi connectivity index (χ2v) is 8.30. The van der Waals surface area contributed by atoms with Crippen LogP contribution in [-0.4, -0.2) is 33.1 Å². The Morgan fingerprint density at radius 1 is 1.25 bits per heavy atom. The van der Waals surface area contributed by atoms with Gasteiger partial charge in [-0.05, 0) is 55.9 Å². The minimum atomic E-state index is -0.797. The zero-order chi connectivity index (χ0) is 22.8. The van der Waals surface area contributed by atoms with Crippen LogP contribution in [0.5, 0.6) is 11.6 Å². The molecule has 2 atom stereocenters. The van der Waals surface area contributed by atoms with E-state index in [1.165, 1.54) is 0 Å². The molecule has 0 bridgehead atoms. The first-order valence-corrected chi connectivity index (χ1v) is 10.7. The van der Waals surface area contributed by atoms with Crippen molar-refractivity contribution in [2.45, 2.75) is 46.1 Å².